The number of rotatable bonds is 5. The van der Waals surface area contributed by atoms with Crippen LogP contribution < -0.4 is 0 Å². The number of hydrogen-bond acceptors (Lipinski definition) is 2. The smallest absolute Gasteiger partial charge is 0.136 e. The second-order valence-electron chi connectivity index (χ2n) is 12.1. The van der Waals surface area contributed by atoms with Crippen LogP contribution in [-0.4, -0.2) is 17.0 Å². The highest BCUT2D eigenvalue weighted by molar-refractivity contribution is 5.82. The fourth-order valence-electron chi connectivity index (χ4n) is 8.49. The molecule has 3 saturated carbocycles. The van der Waals surface area contributed by atoms with Gasteiger partial charge in [-0.1, -0.05) is 65.5 Å². The third-order valence-electron chi connectivity index (χ3n) is 10.2. The van der Waals surface area contributed by atoms with Crippen LogP contribution in [0, 0.1) is 46.3 Å². The van der Waals surface area contributed by atoms with E-state index in [1.807, 2.05) is 0 Å². The Morgan fingerprint density at radius 1 is 1.07 bits per heavy atom. The Bertz CT molecular complexity index is 663. The molecule has 0 aromatic heterocycles. The maximum atomic E-state index is 12.1. The van der Waals surface area contributed by atoms with E-state index in [1.54, 1.807) is 0 Å². The molecule has 29 heavy (non-hydrogen) atoms. The second-order valence-corrected chi connectivity index (χ2v) is 12.1. The first kappa shape index (κ1) is 21.6. The molecule has 2 heteroatoms. The molecular weight excluding hydrogens is 356 g/mol. The van der Waals surface area contributed by atoms with Gasteiger partial charge in [0.15, 0.2) is 0 Å². The molecule has 2 nitrogen and oxygen atoms in total. The van der Waals surface area contributed by atoms with E-state index in [2.05, 4.69) is 40.7 Å². The summed E-state index contributed by atoms with van der Waals surface area (Å²) < 4.78 is 0. The molecule has 0 aliphatic heterocycles. The molecule has 0 saturated heterocycles. The van der Waals surface area contributed by atoms with Crippen LogP contribution in [0.4, 0.5) is 0 Å². The molecule has 0 heterocycles. The summed E-state index contributed by atoms with van der Waals surface area (Å²) in [5, 5.41) is 11.2. The molecule has 4 aliphatic carbocycles. The van der Waals surface area contributed by atoms with E-state index < -0.39 is 0 Å². The Morgan fingerprint density at radius 2 is 1.83 bits per heavy atom. The summed E-state index contributed by atoms with van der Waals surface area (Å²) in [5.41, 5.74) is 1.81. The van der Waals surface area contributed by atoms with Gasteiger partial charge in [-0.15, -0.1) is 0 Å². The zero-order valence-corrected chi connectivity index (χ0v) is 19.5. The predicted octanol–water partition coefficient (Wildman–Crippen LogP) is 6.57. The zero-order chi connectivity index (χ0) is 21.0. The SMILES string of the molecule is CC(C)CCC[C@@H](C)C1CCC2C3C(CC[C@@]21C)[C@@]1(C)CCC(=O)CC1=C[C@H]3O. The molecular formula is C27H44O2. The van der Waals surface area contributed by atoms with Crippen molar-refractivity contribution in [2.45, 2.75) is 105 Å². The molecule has 4 unspecified atom stereocenters. The second kappa shape index (κ2) is 7.81. The Kier molecular flexibility index (Phi) is 5.82. The lowest BCUT2D eigenvalue weighted by atomic mass is 9.46. The highest BCUT2D eigenvalue weighted by Gasteiger charge is 2.61. The topological polar surface area (TPSA) is 37.3 Å². The molecule has 164 valence electrons. The molecule has 0 spiro atoms. The van der Waals surface area contributed by atoms with Crippen LogP contribution in [0.2, 0.25) is 0 Å². The molecule has 4 rings (SSSR count). The third kappa shape index (κ3) is 3.56. The van der Waals surface area contributed by atoms with Crippen molar-refractivity contribution in [2.24, 2.45) is 46.3 Å². The number of allylic oxidation sites excluding steroid dienone is 1. The van der Waals surface area contributed by atoms with Crippen molar-refractivity contribution in [3.05, 3.63) is 11.6 Å². The van der Waals surface area contributed by atoms with E-state index in [0.29, 0.717) is 35.4 Å². The number of carbonyl (C=O) groups excluding carboxylic acids is 1. The van der Waals surface area contributed by atoms with Gasteiger partial charge in [0.1, 0.15) is 5.78 Å². The van der Waals surface area contributed by atoms with E-state index in [0.717, 1.165) is 30.6 Å². The summed E-state index contributed by atoms with van der Waals surface area (Å²) in [4.78, 5) is 12.1. The van der Waals surface area contributed by atoms with Crippen LogP contribution in [0.3, 0.4) is 0 Å². The van der Waals surface area contributed by atoms with Crippen LogP contribution >= 0.6 is 0 Å². The van der Waals surface area contributed by atoms with Crippen LogP contribution in [0.15, 0.2) is 11.6 Å². The van der Waals surface area contributed by atoms with Crippen LogP contribution in [0.25, 0.3) is 0 Å². The largest absolute Gasteiger partial charge is 0.389 e. The monoisotopic (exact) mass is 400 g/mol. The summed E-state index contributed by atoms with van der Waals surface area (Å²) in [6.07, 6.45) is 13.4. The number of ketones is 1. The summed E-state index contributed by atoms with van der Waals surface area (Å²) in [5.74, 6) is 4.43. The number of Topliss-reactive ketones (excluding diaryl/α,β-unsaturated/α-hetero) is 1. The normalized spacial score (nSPS) is 45.4. The van der Waals surface area contributed by atoms with Crippen molar-refractivity contribution in [3.63, 3.8) is 0 Å². The molecule has 3 fully saturated rings. The van der Waals surface area contributed by atoms with Gasteiger partial charge < -0.3 is 5.11 Å². The van der Waals surface area contributed by atoms with Gasteiger partial charge in [0.2, 0.25) is 0 Å². The maximum absolute atomic E-state index is 12.1. The van der Waals surface area contributed by atoms with Gasteiger partial charge >= 0.3 is 0 Å². The van der Waals surface area contributed by atoms with Crippen LogP contribution in [-0.2, 0) is 4.79 Å². The van der Waals surface area contributed by atoms with Gasteiger partial charge in [0, 0.05) is 12.8 Å². The number of aliphatic hydroxyl groups is 1. The van der Waals surface area contributed by atoms with Crippen molar-refractivity contribution in [1.29, 1.82) is 0 Å². The van der Waals surface area contributed by atoms with Gasteiger partial charge in [0.25, 0.3) is 0 Å². The molecule has 0 amide bonds. The van der Waals surface area contributed by atoms with Crippen molar-refractivity contribution < 1.29 is 9.90 Å². The molecule has 8 atom stereocenters. The number of hydrogen-bond donors (Lipinski definition) is 1. The molecule has 4 aliphatic rings. The Labute approximate surface area is 178 Å². The van der Waals surface area contributed by atoms with E-state index in [1.165, 1.54) is 50.5 Å². The van der Waals surface area contributed by atoms with Crippen molar-refractivity contribution in [1.82, 2.24) is 0 Å². The molecule has 0 radical (unpaired) electrons. The minimum atomic E-state index is -0.339. The third-order valence-corrected chi connectivity index (χ3v) is 10.2. The number of aliphatic hydroxyl groups excluding tert-OH is 1. The first-order valence-corrected chi connectivity index (χ1v) is 12.6. The molecule has 0 bridgehead atoms. The zero-order valence-electron chi connectivity index (χ0n) is 19.5. The van der Waals surface area contributed by atoms with E-state index in [-0.39, 0.29) is 11.5 Å². The van der Waals surface area contributed by atoms with Crippen LogP contribution in [0.1, 0.15) is 98.8 Å². The fraction of sp³-hybridized carbons (Fsp3) is 0.889. The summed E-state index contributed by atoms with van der Waals surface area (Å²) in [6, 6.07) is 0. The minimum absolute atomic E-state index is 0.153. The Hall–Kier alpha value is -0.630. The van der Waals surface area contributed by atoms with Crippen molar-refractivity contribution in [2.75, 3.05) is 0 Å². The summed E-state index contributed by atoms with van der Waals surface area (Å²) in [6.45, 7) is 12.2. The standard InChI is InChI=1S/C27H44O2/c1-17(2)7-6-8-18(3)21-9-10-22-25-23(12-14-27(21,22)5)26(4)13-11-20(28)15-19(26)16-24(25)29/h16-18,21-25,29H,6-15H2,1-5H3/t18-,21?,22?,23?,24-,25?,26+,27-/m1/s1. The first-order chi connectivity index (χ1) is 13.7. The average Bonchev–Trinajstić information content (AvgIpc) is 3.00. The van der Waals surface area contributed by atoms with E-state index >= 15 is 0 Å². The molecule has 0 aromatic rings. The van der Waals surface area contributed by atoms with Gasteiger partial charge in [-0.25, -0.2) is 0 Å². The Morgan fingerprint density at radius 3 is 2.55 bits per heavy atom. The highest BCUT2D eigenvalue weighted by Crippen LogP contribution is 2.67. The average molecular weight is 401 g/mol. The summed E-state index contributed by atoms with van der Waals surface area (Å²) >= 11 is 0. The van der Waals surface area contributed by atoms with Gasteiger partial charge in [-0.05, 0) is 78.4 Å². The van der Waals surface area contributed by atoms with Gasteiger partial charge in [0.05, 0.1) is 6.10 Å². The summed E-state index contributed by atoms with van der Waals surface area (Å²) in [7, 11) is 0. The predicted molar refractivity (Wildman–Crippen MR) is 119 cm³/mol. The maximum Gasteiger partial charge on any atom is 0.136 e. The quantitative estimate of drug-likeness (QED) is 0.530. The van der Waals surface area contributed by atoms with E-state index in [4.69, 9.17) is 0 Å². The highest BCUT2D eigenvalue weighted by atomic mass is 16.3. The first-order valence-electron chi connectivity index (χ1n) is 12.6. The molecule has 1 N–H and O–H groups in total. The minimum Gasteiger partial charge on any atom is -0.389 e. The van der Waals surface area contributed by atoms with Gasteiger partial charge in [-0.2, -0.15) is 0 Å². The number of carbonyl (C=O) groups is 1. The lowest BCUT2D eigenvalue weighted by molar-refractivity contribution is -0.125. The molecule has 0 aromatic carbocycles. The van der Waals surface area contributed by atoms with Crippen molar-refractivity contribution in [3.8, 4) is 0 Å². The Balaban J connectivity index is 1.54. The van der Waals surface area contributed by atoms with Crippen molar-refractivity contribution >= 4 is 5.78 Å². The fourth-order valence-corrected chi connectivity index (χ4v) is 8.49. The lowest BCUT2D eigenvalue weighted by Gasteiger charge is -2.59. The van der Waals surface area contributed by atoms with Gasteiger partial charge in [-0.3, -0.25) is 4.79 Å². The number of fused-ring (bicyclic) bond motifs is 5. The van der Waals surface area contributed by atoms with E-state index in [9.17, 15) is 9.90 Å². The van der Waals surface area contributed by atoms with Crippen LogP contribution in [0.5, 0.6) is 0 Å². The lowest BCUT2D eigenvalue weighted by Crippen LogP contribution is -2.54.